The normalized spacial score (nSPS) is 14.5. The van der Waals surface area contributed by atoms with Crippen LogP contribution in [0.5, 0.6) is 5.75 Å². The van der Waals surface area contributed by atoms with Gasteiger partial charge in [0.15, 0.2) is 5.65 Å². The monoisotopic (exact) mass is 597 g/mol. The summed E-state index contributed by atoms with van der Waals surface area (Å²) in [4.78, 5) is 43.9. The van der Waals surface area contributed by atoms with Gasteiger partial charge in [-0.2, -0.15) is 4.98 Å². The van der Waals surface area contributed by atoms with Crippen LogP contribution in [0.3, 0.4) is 0 Å². The number of carbonyl (C=O) groups is 1. The van der Waals surface area contributed by atoms with Crippen molar-refractivity contribution in [3.05, 3.63) is 82.3 Å². The van der Waals surface area contributed by atoms with Gasteiger partial charge in [0.2, 0.25) is 11.4 Å². The van der Waals surface area contributed by atoms with Gasteiger partial charge in [0.25, 0.3) is 5.91 Å². The second-order valence-electron chi connectivity index (χ2n) is 10.1. The second-order valence-corrected chi connectivity index (χ2v) is 10.1. The Hall–Kier alpha value is -4.53. The number of amides is 1. The third kappa shape index (κ3) is 7.46. The molecule has 4 aromatic rings. The number of nitrogens with zero attached hydrogens (tertiary/aromatic N) is 5. The maximum absolute atomic E-state index is 13.2. The fourth-order valence-corrected chi connectivity index (χ4v) is 4.73. The van der Waals surface area contributed by atoms with Crippen molar-refractivity contribution in [1.29, 1.82) is 0 Å². The van der Waals surface area contributed by atoms with Gasteiger partial charge in [0.05, 0.1) is 12.5 Å². The van der Waals surface area contributed by atoms with E-state index in [4.69, 9.17) is 0 Å². The molecule has 0 radical (unpaired) electrons. The molecule has 0 saturated carbocycles. The first kappa shape index (κ1) is 29.9. The highest BCUT2D eigenvalue weighted by Crippen LogP contribution is 2.25. The summed E-state index contributed by atoms with van der Waals surface area (Å²) in [7, 11) is 3.35. The smallest absolute Gasteiger partial charge is 0.406 e. The summed E-state index contributed by atoms with van der Waals surface area (Å²) in [6.45, 7) is 5.25. The summed E-state index contributed by atoms with van der Waals surface area (Å²) >= 11 is 0. The number of hydrogen-bond acceptors (Lipinski definition) is 9. The zero-order valence-corrected chi connectivity index (χ0v) is 23.5. The summed E-state index contributed by atoms with van der Waals surface area (Å²) in [5, 5.41) is 3.14. The fraction of sp³-hybridized carbons (Fsp3) is 0.310. The number of likely N-dealkylation sites (N-methyl/N-ethyl adjacent to an activating group) is 1. The van der Waals surface area contributed by atoms with Crippen molar-refractivity contribution in [2.75, 3.05) is 52.2 Å². The number of nitrogens with one attached hydrogen (secondary N) is 2. The van der Waals surface area contributed by atoms with Crippen molar-refractivity contribution in [2.45, 2.75) is 12.8 Å². The summed E-state index contributed by atoms with van der Waals surface area (Å²) in [5.74, 6) is -1.06. The Morgan fingerprint density at radius 3 is 2.37 bits per heavy atom. The van der Waals surface area contributed by atoms with E-state index in [1.165, 1.54) is 41.8 Å². The molecule has 2 N–H and O–H groups in total. The molecule has 1 aliphatic heterocycles. The van der Waals surface area contributed by atoms with Gasteiger partial charge in [0, 0.05) is 56.5 Å². The zero-order valence-electron chi connectivity index (χ0n) is 23.5. The van der Waals surface area contributed by atoms with Crippen LogP contribution in [0.2, 0.25) is 0 Å². The van der Waals surface area contributed by atoms with Crippen LogP contribution in [0, 0.1) is 0 Å². The van der Waals surface area contributed by atoms with E-state index in [1.54, 1.807) is 0 Å². The molecule has 0 atom stereocenters. The number of alkyl halides is 3. The van der Waals surface area contributed by atoms with Crippen molar-refractivity contribution < 1.29 is 27.5 Å². The molecule has 2 aromatic heterocycles. The molecule has 1 saturated heterocycles. The summed E-state index contributed by atoms with van der Waals surface area (Å²) < 4.78 is 43.3. The van der Waals surface area contributed by atoms with Gasteiger partial charge in [-0.1, -0.05) is 12.1 Å². The van der Waals surface area contributed by atoms with Crippen molar-refractivity contribution in [1.82, 2.24) is 29.8 Å². The van der Waals surface area contributed by atoms with Crippen molar-refractivity contribution >= 4 is 28.6 Å². The quantitative estimate of drug-likeness (QED) is 0.280. The van der Waals surface area contributed by atoms with Crippen LogP contribution >= 0.6 is 0 Å². The molecule has 1 aliphatic rings. The number of rotatable bonds is 9. The van der Waals surface area contributed by atoms with Crippen LogP contribution in [-0.4, -0.2) is 83.5 Å². The van der Waals surface area contributed by atoms with E-state index in [2.05, 4.69) is 47.2 Å². The van der Waals surface area contributed by atoms with Crippen LogP contribution in [0.1, 0.15) is 15.9 Å². The first-order valence-electron chi connectivity index (χ1n) is 13.5. The highest BCUT2D eigenvalue weighted by atomic mass is 19.4. The average molecular weight is 598 g/mol. The third-order valence-corrected chi connectivity index (χ3v) is 7.05. The summed E-state index contributed by atoms with van der Waals surface area (Å²) in [5.41, 5.74) is 3.55. The predicted molar refractivity (Wildman–Crippen MR) is 154 cm³/mol. The van der Waals surface area contributed by atoms with Crippen LogP contribution < -0.4 is 21.0 Å². The van der Waals surface area contributed by atoms with E-state index in [0.717, 1.165) is 57.0 Å². The van der Waals surface area contributed by atoms with Crippen molar-refractivity contribution in [2.24, 2.45) is 0 Å². The maximum Gasteiger partial charge on any atom is 0.573 e. The van der Waals surface area contributed by atoms with Gasteiger partial charge in [-0.25, -0.2) is 10.5 Å². The Morgan fingerprint density at radius 1 is 1.02 bits per heavy atom. The van der Waals surface area contributed by atoms with E-state index >= 15 is 0 Å². The number of fused-ring (bicyclic) bond motifs is 1. The molecule has 1 amide bonds. The highest BCUT2D eigenvalue weighted by molar-refractivity contribution is 5.96. The SMILES string of the molecule is CONC(=O)c1cn(-c2ccc(OC(F)(F)F)cc2)c2nc(Nc3ccc(CCN4CCN(C)CC4)cc3)ncc2c1=O. The largest absolute Gasteiger partial charge is 0.573 e. The average Bonchev–Trinajstić information content (AvgIpc) is 2.98. The molecule has 5 rings (SSSR count). The number of pyridine rings is 1. The number of anilines is 2. The molecule has 0 aliphatic carbocycles. The lowest BCUT2D eigenvalue weighted by molar-refractivity contribution is -0.274. The first-order chi connectivity index (χ1) is 20.6. The number of piperazine rings is 1. The minimum Gasteiger partial charge on any atom is -0.406 e. The van der Waals surface area contributed by atoms with E-state index in [1.807, 2.05) is 24.3 Å². The van der Waals surface area contributed by atoms with Crippen molar-refractivity contribution in [3.63, 3.8) is 0 Å². The van der Waals surface area contributed by atoms with Crippen LogP contribution in [0.15, 0.2) is 65.7 Å². The van der Waals surface area contributed by atoms with E-state index in [-0.39, 0.29) is 22.5 Å². The molecule has 2 aromatic carbocycles. The molecule has 0 unspecified atom stereocenters. The number of hydrogen-bond donors (Lipinski definition) is 2. The van der Waals surface area contributed by atoms with Gasteiger partial charge in [0.1, 0.15) is 11.3 Å². The number of halogens is 3. The Labute approximate surface area is 244 Å². The van der Waals surface area contributed by atoms with Crippen molar-refractivity contribution in [3.8, 4) is 11.4 Å². The lowest BCUT2D eigenvalue weighted by Crippen LogP contribution is -2.45. The van der Waals surface area contributed by atoms with E-state index in [9.17, 15) is 22.8 Å². The minimum atomic E-state index is -4.85. The molecular weight excluding hydrogens is 567 g/mol. The lowest BCUT2D eigenvalue weighted by atomic mass is 10.1. The van der Waals surface area contributed by atoms with Gasteiger partial charge < -0.3 is 24.4 Å². The minimum absolute atomic E-state index is 0.0178. The molecule has 0 bridgehead atoms. The van der Waals surface area contributed by atoms with Crippen LogP contribution in [0.4, 0.5) is 24.8 Å². The molecule has 0 spiro atoms. The number of benzene rings is 2. The molecular formula is C29H30F3N7O4. The lowest BCUT2D eigenvalue weighted by Gasteiger charge is -2.32. The fourth-order valence-electron chi connectivity index (χ4n) is 4.73. The molecule has 3 heterocycles. The molecule has 226 valence electrons. The Balaban J connectivity index is 1.41. The van der Waals surface area contributed by atoms with E-state index in [0.29, 0.717) is 5.69 Å². The van der Waals surface area contributed by atoms with Gasteiger partial charge >= 0.3 is 6.36 Å². The summed E-state index contributed by atoms with van der Waals surface area (Å²) in [6.07, 6.45) is -1.40. The zero-order chi connectivity index (χ0) is 30.6. The predicted octanol–water partition coefficient (Wildman–Crippen LogP) is 3.50. The first-order valence-corrected chi connectivity index (χ1v) is 13.5. The van der Waals surface area contributed by atoms with Crippen LogP contribution in [0.25, 0.3) is 16.7 Å². The highest BCUT2D eigenvalue weighted by Gasteiger charge is 2.31. The third-order valence-electron chi connectivity index (χ3n) is 7.05. The number of aromatic nitrogens is 3. The van der Waals surface area contributed by atoms with Crippen LogP contribution in [-0.2, 0) is 11.3 Å². The van der Waals surface area contributed by atoms with Gasteiger partial charge in [-0.3, -0.25) is 14.4 Å². The number of ether oxygens (including phenoxy) is 1. The second kappa shape index (κ2) is 12.8. The summed E-state index contributed by atoms with van der Waals surface area (Å²) in [6, 6.07) is 12.8. The molecule has 43 heavy (non-hydrogen) atoms. The Kier molecular flexibility index (Phi) is 8.89. The number of carbonyl (C=O) groups excluding carboxylic acids is 1. The standard InChI is InChI=1S/C29H30F3N7O4/c1-37-13-15-38(16-14-37)12-11-19-3-5-20(6-4-19)34-28-33-17-23-25(40)24(27(41)36-42-2)18-39(26(23)35-28)21-7-9-22(10-8-21)43-29(30,31)32/h3-10,17-18H,11-16H2,1-2H3,(H,36,41)(H,33,34,35). The topological polar surface area (TPSA) is 114 Å². The molecule has 1 fully saturated rings. The maximum atomic E-state index is 13.2. The molecule has 14 heteroatoms. The number of hydroxylamine groups is 1. The Bertz CT molecular complexity index is 1640. The van der Waals surface area contributed by atoms with Gasteiger partial charge in [-0.05, 0) is 55.4 Å². The Morgan fingerprint density at radius 2 is 1.72 bits per heavy atom. The van der Waals surface area contributed by atoms with E-state index < -0.39 is 23.4 Å². The van der Waals surface area contributed by atoms with Gasteiger partial charge in [-0.15, -0.1) is 13.2 Å². The molecule has 11 nitrogen and oxygen atoms in total.